The second-order valence-corrected chi connectivity index (χ2v) is 7.38. The molecule has 1 aliphatic heterocycles. The fourth-order valence-corrected chi connectivity index (χ4v) is 3.87. The molecule has 148 valence electrons. The largest absolute Gasteiger partial charge is 0.464 e. The standard InChI is InChI=1S/C21H24N2O5/c1-13-12-27-18-11-19-16(9-15(13)18)14(2)17(21(26)28-19)10-20(25)23-5-3-22(4-6-23)7-8-24/h9,11-12,24H,3-8,10H2,1-2H3. The van der Waals surface area contributed by atoms with E-state index in [1.165, 1.54) is 0 Å². The lowest BCUT2D eigenvalue weighted by molar-refractivity contribution is -0.132. The Bertz CT molecular complexity index is 1090. The van der Waals surface area contributed by atoms with Gasteiger partial charge in [-0.05, 0) is 31.0 Å². The number of furan rings is 1. The fraction of sp³-hybridized carbons (Fsp3) is 0.429. The summed E-state index contributed by atoms with van der Waals surface area (Å²) in [5.41, 5.74) is 2.88. The van der Waals surface area contributed by atoms with Crippen LogP contribution < -0.4 is 5.63 Å². The molecule has 0 saturated carbocycles. The Hall–Kier alpha value is -2.64. The van der Waals surface area contributed by atoms with Gasteiger partial charge in [-0.3, -0.25) is 9.69 Å². The quantitative estimate of drug-likeness (QED) is 0.691. The lowest BCUT2D eigenvalue weighted by atomic mass is 10.0. The van der Waals surface area contributed by atoms with Crippen molar-refractivity contribution in [2.45, 2.75) is 20.3 Å². The number of aliphatic hydroxyl groups excluding tert-OH is 1. The van der Waals surface area contributed by atoms with Crippen LogP contribution in [0.5, 0.6) is 0 Å². The second kappa shape index (κ2) is 7.41. The summed E-state index contributed by atoms with van der Waals surface area (Å²) in [4.78, 5) is 29.2. The van der Waals surface area contributed by atoms with Crippen LogP contribution in [0, 0.1) is 13.8 Å². The third kappa shape index (κ3) is 3.31. The van der Waals surface area contributed by atoms with Crippen LogP contribution in [0.1, 0.15) is 16.7 Å². The fourth-order valence-electron chi connectivity index (χ4n) is 3.87. The molecule has 0 unspecified atom stereocenters. The number of β-amino-alcohol motifs (C(OH)–C–C–N with tert-alkyl or cyclic N) is 1. The predicted octanol–water partition coefficient (Wildman–Crippen LogP) is 1.84. The van der Waals surface area contributed by atoms with E-state index >= 15 is 0 Å². The molecular formula is C21H24N2O5. The first-order chi connectivity index (χ1) is 13.5. The van der Waals surface area contributed by atoms with Crippen LogP contribution in [-0.4, -0.2) is 60.1 Å². The van der Waals surface area contributed by atoms with Crippen molar-refractivity contribution in [3.63, 3.8) is 0 Å². The molecule has 3 heterocycles. The molecule has 0 aliphatic carbocycles. The highest BCUT2D eigenvalue weighted by atomic mass is 16.4. The number of nitrogens with zero attached hydrogens (tertiary/aromatic N) is 2. The molecule has 1 fully saturated rings. The monoisotopic (exact) mass is 384 g/mol. The zero-order chi connectivity index (χ0) is 19.8. The van der Waals surface area contributed by atoms with Crippen molar-refractivity contribution in [1.82, 2.24) is 9.80 Å². The number of aliphatic hydroxyl groups is 1. The Labute approximate surface area is 162 Å². The van der Waals surface area contributed by atoms with Gasteiger partial charge in [0.1, 0.15) is 11.2 Å². The van der Waals surface area contributed by atoms with Crippen LogP contribution in [0.4, 0.5) is 0 Å². The average Bonchev–Trinajstić information content (AvgIpc) is 3.04. The average molecular weight is 384 g/mol. The molecule has 7 heteroatoms. The van der Waals surface area contributed by atoms with Gasteiger partial charge in [0, 0.05) is 49.6 Å². The molecule has 7 nitrogen and oxygen atoms in total. The van der Waals surface area contributed by atoms with Gasteiger partial charge in [0.15, 0.2) is 0 Å². The number of carbonyl (C=O) groups excluding carboxylic acids is 1. The summed E-state index contributed by atoms with van der Waals surface area (Å²) in [6.45, 7) is 7.24. The molecule has 0 atom stereocenters. The Morgan fingerprint density at radius 1 is 1.11 bits per heavy atom. The number of hydrogen-bond acceptors (Lipinski definition) is 6. The van der Waals surface area contributed by atoms with Gasteiger partial charge in [0.2, 0.25) is 5.91 Å². The van der Waals surface area contributed by atoms with Gasteiger partial charge in [0.25, 0.3) is 0 Å². The molecule has 1 amide bonds. The van der Waals surface area contributed by atoms with Crippen LogP contribution in [0.15, 0.2) is 32.0 Å². The van der Waals surface area contributed by atoms with Gasteiger partial charge < -0.3 is 18.8 Å². The first-order valence-corrected chi connectivity index (χ1v) is 9.53. The van der Waals surface area contributed by atoms with Crippen LogP contribution in [0.25, 0.3) is 21.9 Å². The van der Waals surface area contributed by atoms with Crippen molar-refractivity contribution < 1.29 is 18.7 Å². The maximum Gasteiger partial charge on any atom is 0.340 e. The van der Waals surface area contributed by atoms with Crippen molar-refractivity contribution in [3.05, 3.63) is 45.5 Å². The van der Waals surface area contributed by atoms with Gasteiger partial charge in [0.05, 0.1) is 24.9 Å². The van der Waals surface area contributed by atoms with Crippen molar-refractivity contribution in [2.75, 3.05) is 39.3 Å². The maximum absolute atomic E-state index is 12.8. The van der Waals surface area contributed by atoms with Gasteiger partial charge in [-0.2, -0.15) is 0 Å². The number of hydrogen-bond donors (Lipinski definition) is 1. The number of aryl methyl sites for hydroxylation is 2. The first kappa shape index (κ1) is 18.7. The highest BCUT2D eigenvalue weighted by Gasteiger charge is 2.23. The summed E-state index contributed by atoms with van der Waals surface area (Å²) in [6, 6.07) is 3.70. The van der Waals surface area contributed by atoms with E-state index in [1.807, 2.05) is 19.9 Å². The molecule has 3 aromatic rings. The molecule has 0 radical (unpaired) electrons. The van der Waals surface area contributed by atoms with Crippen LogP contribution >= 0.6 is 0 Å². The van der Waals surface area contributed by atoms with E-state index in [0.717, 1.165) is 35.0 Å². The van der Waals surface area contributed by atoms with Gasteiger partial charge >= 0.3 is 5.63 Å². The van der Waals surface area contributed by atoms with E-state index in [0.29, 0.717) is 36.4 Å². The lowest BCUT2D eigenvalue weighted by Gasteiger charge is -2.34. The number of carbonyl (C=O) groups is 1. The molecule has 4 rings (SSSR count). The Morgan fingerprint density at radius 3 is 2.57 bits per heavy atom. The molecular weight excluding hydrogens is 360 g/mol. The third-order valence-corrected chi connectivity index (χ3v) is 5.64. The number of amides is 1. The highest BCUT2D eigenvalue weighted by molar-refractivity contribution is 5.96. The van der Waals surface area contributed by atoms with E-state index in [1.54, 1.807) is 17.2 Å². The lowest BCUT2D eigenvalue weighted by Crippen LogP contribution is -2.49. The minimum Gasteiger partial charge on any atom is -0.464 e. The smallest absolute Gasteiger partial charge is 0.340 e. The van der Waals surface area contributed by atoms with Crippen molar-refractivity contribution in [3.8, 4) is 0 Å². The summed E-state index contributed by atoms with van der Waals surface area (Å²) in [5.74, 6) is -0.0704. The molecule has 1 aromatic carbocycles. The zero-order valence-corrected chi connectivity index (χ0v) is 16.2. The molecule has 1 aliphatic rings. The summed E-state index contributed by atoms with van der Waals surface area (Å²) >= 11 is 0. The molecule has 0 bridgehead atoms. The normalized spacial score (nSPS) is 15.6. The summed E-state index contributed by atoms with van der Waals surface area (Å²) in [6.07, 6.45) is 1.71. The first-order valence-electron chi connectivity index (χ1n) is 9.53. The highest BCUT2D eigenvalue weighted by Crippen LogP contribution is 2.29. The number of piperazine rings is 1. The maximum atomic E-state index is 12.8. The molecule has 2 aromatic heterocycles. The minimum absolute atomic E-state index is 0.0342. The van der Waals surface area contributed by atoms with Crippen molar-refractivity contribution in [2.24, 2.45) is 0 Å². The number of benzene rings is 1. The molecule has 1 saturated heterocycles. The van der Waals surface area contributed by atoms with Crippen LogP contribution in [0.2, 0.25) is 0 Å². The summed E-state index contributed by atoms with van der Waals surface area (Å²) in [7, 11) is 0. The van der Waals surface area contributed by atoms with Crippen LogP contribution in [0.3, 0.4) is 0 Å². The van der Waals surface area contributed by atoms with E-state index in [-0.39, 0.29) is 18.9 Å². The molecule has 0 spiro atoms. The van der Waals surface area contributed by atoms with Gasteiger partial charge in [-0.15, -0.1) is 0 Å². The minimum atomic E-state index is -0.472. The third-order valence-electron chi connectivity index (χ3n) is 5.64. The topological polar surface area (TPSA) is 87.1 Å². The Morgan fingerprint density at radius 2 is 1.86 bits per heavy atom. The molecule has 28 heavy (non-hydrogen) atoms. The number of rotatable bonds is 4. The van der Waals surface area contributed by atoms with Gasteiger partial charge in [-0.25, -0.2) is 4.79 Å². The summed E-state index contributed by atoms with van der Waals surface area (Å²) in [5, 5.41) is 10.8. The van der Waals surface area contributed by atoms with Crippen molar-refractivity contribution >= 4 is 27.8 Å². The van der Waals surface area contributed by atoms with Crippen LogP contribution in [-0.2, 0) is 11.2 Å². The van der Waals surface area contributed by atoms with Crippen molar-refractivity contribution in [1.29, 1.82) is 0 Å². The van der Waals surface area contributed by atoms with E-state index in [9.17, 15) is 9.59 Å². The summed E-state index contributed by atoms with van der Waals surface area (Å²) < 4.78 is 11.0. The van der Waals surface area contributed by atoms with E-state index in [2.05, 4.69) is 4.90 Å². The zero-order valence-electron chi connectivity index (χ0n) is 16.2. The van der Waals surface area contributed by atoms with E-state index in [4.69, 9.17) is 13.9 Å². The Kier molecular flexibility index (Phi) is 4.95. The molecule has 1 N–H and O–H groups in total. The van der Waals surface area contributed by atoms with E-state index < -0.39 is 5.63 Å². The SMILES string of the molecule is Cc1coc2cc3oc(=O)c(CC(=O)N4CCN(CCO)CC4)c(C)c3cc12. The predicted molar refractivity (Wildman–Crippen MR) is 106 cm³/mol. The second-order valence-electron chi connectivity index (χ2n) is 7.38. The number of fused-ring (bicyclic) bond motifs is 2. The van der Waals surface area contributed by atoms with Gasteiger partial charge in [-0.1, -0.05) is 0 Å². The Balaban J connectivity index is 1.61.